The van der Waals surface area contributed by atoms with Crippen LogP contribution >= 0.6 is 11.6 Å². The van der Waals surface area contributed by atoms with Gasteiger partial charge in [-0.1, -0.05) is 23.4 Å². The Kier molecular flexibility index (Phi) is 3.72. The third-order valence-electron chi connectivity index (χ3n) is 2.15. The van der Waals surface area contributed by atoms with Crippen LogP contribution in [0.25, 0.3) is 5.69 Å². The second-order valence-corrected chi connectivity index (χ2v) is 3.67. The average Bonchev–Trinajstić information content (AvgIpc) is 2.86. The molecule has 6 heteroatoms. The van der Waals surface area contributed by atoms with Gasteiger partial charge in [0.05, 0.1) is 18.4 Å². The summed E-state index contributed by atoms with van der Waals surface area (Å²) in [6, 6.07) is 9.63. The first kappa shape index (κ1) is 11.6. The summed E-state index contributed by atoms with van der Waals surface area (Å²) >= 11 is 5.37. The zero-order valence-corrected chi connectivity index (χ0v) is 9.76. The number of hydrogen-bond acceptors (Lipinski definition) is 3. The molecule has 2 aromatic rings. The van der Waals surface area contributed by atoms with Crippen LogP contribution in [-0.4, -0.2) is 26.8 Å². The number of alkyl halides is 1. The van der Waals surface area contributed by atoms with Crippen molar-refractivity contribution in [3.05, 3.63) is 42.2 Å². The number of benzene rings is 1. The first-order valence-corrected chi connectivity index (χ1v) is 5.62. The van der Waals surface area contributed by atoms with E-state index in [2.05, 4.69) is 15.6 Å². The molecule has 0 spiro atoms. The zero-order valence-electron chi connectivity index (χ0n) is 9.01. The fraction of sp³-hybridized carbons (Fsp3) is 0.182. The Hall–Kier alpha value is -1.88. The minimum absolute atomic E-state index is 0.0488. The predicted molar refractivity (Wildman–Crippen MR) is 63.9 cm³/mol. The highest BCUT2D eigenvalue weighted by Gasteiger charge is 2.04. The van der Waals surface area contributed by atoms with Crippen LogP contribution in [0, 0.1) is 0 Å². The van der Waals surface area contributed by atoms with Gasteiger partial charge < -0.3 is 5.32 Å². The summed E-state index contributed by atoms with van der Waals surface area (Å²) in [5, 5.41) is 10.6. The molecular weight excluding hydrogens is 240 g/mol. The van der Waals surface area contributed by atoms with Crippen LogP contribution in [0.3, 0.4) is 0 Å². The first-order valence-electron chi connectivity index (χ1n) is 5.09. The molecule has 5 nitrogen and oxygen atoms in total. The number of halogens is 1. The monoisotopic (exact) mass is 250 g/mol. The molecule has 2 rings (SSSR count). The van der Waals surface area contributed by atoms with Crippen molar-refractivity contribution in [2.24, 2.45) is 0 Å². The Labute approximate surface area is 103 Å². The number of nitrogens with one attached hydrogen (secondary N) is 1. The smallest absolute Gasteiger partial charge is 0.235 e. The molecule has 1 heterocycles. The van der Waals surface area contributed by atoms with E-state index in [0.717, 1.165) is 5.69 Å². The van der Waals surface area contributed by atoms with Gasteiger partial charge in [-0.05, 0) is 12.1 Å². The van der Waals surface area contributed by atoms with Crippen molar-refractivity contribution in [2.45, 2.75) is 6.54 Å². The Bertz CT molecular complexity index is 497. The molecule has 1 N–H and O–H groups in total. The summed E-state index contributed by atoms with van der Waals surface area (Å²) in [4.78, 5) is 11.0. The van der Waals surface area contributed by atoms with Crippen molar-refractivity contribution < 1.29 is 4.79 Å². The molecule has 0 saturated heterocycles. The molecular formula is C11H11ClN4O. The number of carbonyl (C=O) groups is 1. The number of hydrogen-bond donors (Lipinski definition) is 1. The van der Waals surface area contributed by atoms with E-state index in [4.69, 9.17) is 11.6 Å². The quantitative estimate of drug-likeness (QED) is 0.828. The van der Waals surface area contributed by atoms with Gasteiger partial charge in [-0.25, -0.2) is 4.68 Å². The average molecular weight is 251 g/mol. The number of carbonyl (C=O) groups excluding carboxylic acids is 1. The standard InChI is InChI=1S/C11H11ClN4O/c12-6-11(17)13-7-9-8-16(15-14-9)10-4-2-1-3-5-10/h1-5,8H,6-7H2,(H,13,17). The third kappa shape index (κ3) is 3.04. The molecule has 0 saturated carbocycles. The number of amides is 1. The van der Waals surface area contributed by atoms with E-state index in [1.165, 1.54) is 0 Å². The van der Waals surface area contributed by atoms with Crippen LogP contribution in [-0.2, 0) is 11.3 Å². The molecule has 0 bridgehead atoms. The van der Waals surface area contributed by atoms with E-state index >= 15 is 0 Å². The Morgan fingerprint density at radius 2 is 2.12 bits per heavy atom. The normalized spacial score (nSPS) is 10.2. The van der Waals surface area contributed by atoms with E-state index in [-0.39, 0.29) is 11.8 Å². The second kappa shape index (κ2) is 5.45. The molecule has 1 aromatic heterocycles. The second-order valence-electron chi connectivity index (χ2n) is 3.40. The maximum atomic E-state index is 11.0. The maximum Gasteiger partial charge on any atom is 0.235 e. The molecule has 0 radical (unpaired) electrons. The minimum Gasteiger partial charge on any atom is -0.349 e. The molecule has 0 unspecified atom stereocenters. The fourth-order valence-corrected chi connectivity index (χ4v) is 1.42. The van der Waals surface area contributed by atoms with Crippen LogP contribution in [0.4, 0.5) is 0 Å². The fourth-order valence-electron chi connectivity index (χ4n) is 1.32. The van der Waals surface area contributed by atoms with Crippen LogP contribution in [0.5, 0.6) is 0 Å². The van der Waals surface area contributed by atoms with Gasteiger partial charge >= 0.3 is 0 Å². The van der Waals surface area contributed by atoms with E-state index < -0.39 is 0 Å². The van der Waals surface area contributed by atoms with Crippen molar-refractivity contribution in [2.75, 3.05) is 5.88 Å². The summed E-state index contributed by atoms with van der Waals surface area (Å²) in [5.41, 5.74) is 1.61. The van der Waals surface area contributed by atoms with E-state index in [1.807, 2.05) is 30.3 Å². The SMILES string of the molecule is O=C(CCl)NCc1cn(-c2ccccc2)nn1. The summed E-state index contributed by atoms with van der Waals surface area (Å²) in [7, 11) is 0. The third-order valence-corrected chi connectivity index (χ3v) is 2.39. The van der Waals surface area contributed by atoms with Crippen molar-refractivity contribution >= 4 is 17.5 Å². The van der Waals surface area contributed by atoms with Gasteiger partial charge in [-0.15, -0.1) is 16.7 Å². The van der Waals surface area contributed by atoms with Gasteiger partial charge in [0.2, 0.25) is 5.91 Å². The van der Waals surface area contributed by atoms with Crippen LogP contribution in [0.15, 0.2) is 36.5 Å². The highest BCUT2D eigenvalue weighted by atomic mass is 35.5. The lowest BCUT2D eigenvalue weighted by atomic mass is 10.3. The largest absolute Gasteiger partial charge is 0.349 e. The molecule has 17 heavy (non-hydrogen) atoms. The Morgan fingerprint density at radius 3 is 2.82 bits per heavy atom. The molecule has 0 aliphatic rings. The lowest BCUT2D eigenvalue weighted by Gasteiger charge is -1.98. The highest BCUT2D eigenvalue weighted by molar-refractivity contribution is 6.27. The molecule has 1 aromatic carbocycles. The van der Waals surface area contributed by atoms with Gasteiger partial charge in [-0.2, -0.15) is 0 Å². The van der Waals surface area contributed by atoms with Crippen molar-refractivity contribution in [3.8, 4) is 5.69 Å². The van der Waals surface area contributed by atoms with Crippen molar-refractivity contribution in [1.82, 2.24) is 20.3 Å². The number of nitrogens with zero attached hydrogens (tertiary/aromatic N) is 3. The summed E-state index contributed by atoms with van der Waals surface area (Å²) < 4.78 is 1.65. The molecule has 0 atom stereocenters. The first-order chi connectivity index (χ1) is 8.29. The van der Waals surface area contributed by atoms with Gasteiger partial charge in [0.25, 0.3) is 0 Å². The van der Waals surface area contributed by atoms with E-state index in [0.29, 0.717) is 12.2 Å². The van der Waals surface area contributed by atoms with Gasteiger partial charge in [-0.3, -0.25) is 4.79 Å². The number of aromatic nitrogens is 3. The lowest BCUT2D eigenvalue weighted by molar-refractivity contribution is -0.118. The predicted octanol–water partition coefficient (Wildman–Crippen LogP) is 1.12. The topological polar surface area (TPSA) is 59.8 Å². The van der Waals surface area contributed by atoms with E-state index in [9.17, 15) is 4.79 Å². The van der Waals surface area contributed by atoms with Crippen LogP contribution in [0.1, 0.15) is 5.69 Å². The molecule has 88 valence electrons. The number of rotatable bonds is 4. The Balaban J connectivity index is 2.04. The molecule has 0 fully saturated rings. The Morgan fingerprint density at radius 1 is 1.35 bits per heavy atom. The maximum absolute atomic E-state index is 11.0. The zero-order chi connectivity index (χ0) is 12.1. The molecule has 0 aliphatic heterocycles. The van der Waals surface area contributed by atoms with E-state index in [1.54, 1.807) is 10.9 Å². The van der Waals surface area contributed by atoms with Gasteiger partial charge in [0.15, 0.2) is 0 Å². The number of para-hydroxylation sites is 1. The van der Waals surface area contributed by atoms with Crippen LogP contribution in [0.2, 0.25) is 0 Å². The summed E-state index contributed by atoms with van der Waals surface area (Å²) in [6.07, 6.45) is 1.77. The van der Waals surface area contributed by atoms with Gasteiger partial charge in [0.1, 0.15) is 11.6 Å². The molecule has 0 aliphatic carbocycles. The highest BCUT2D eigenvalue weighted by Crippen LogP contribution is 2.05. The van der Waals surface area contributed by atoms with Crippen molar-refractivity contribution in [3.63, 3.8) is 0 Å². The lowest BCUT2D eigenvalue weighted by Crippen LogP contribution is -2.23. The molecule has 1 amide bonds. The van der Waals surface area contributed by atoms with Gasteiger partial charge in [0, 0.05) is 0 Å². The van der Waals surface area contributed by atoms with Crippen LogP contribution < -0.4 is 5.32 Å². The summed E-state index contributed by atoms with van der Waals surface area (Å²) in [5.74, 6) is -0.270. The minimum atomic E-state index is -0.221. The summed E-state index contributed by atoms with van der Waals surface area (Å²) in [6.45, 7) is 0.332. The van der Waals surface area contributed by atoms with Crippen molar-refractivity contribution in [1.29, 1.82) is 0 Å².